The first-order valence-electron chi connectivity index (χ1n) is 6.32. The number of nitrogens with two attached hydrogens (primary N) is 1. The van der Waals surface area contributed by atoms with E-state index in [9.17, 15) is 4.79 Å². The van der Waals surface area contributed by atoms with Crippen LogP contribution in [-0.4, -0.2) is 18.0 Å². The van der Waals surface area contributed by atoms with Gasteiger partial charge in [0.15, 0.2) is 0 Å². The molecular weight excluding hydrogens is 260 g/mol. The summed E-state index contributed by atoms with van der Waals surface area (Å²) in [5.74, 6) is 0.0462. The maximum atomic E-state index is 12.1. The predicted molar refractivity (Wildman–Crippen MR) is 82.5 cm³/mol. The first-order valence-corrected chi connectivity index (χ1v) is 6.32. The zero-order chi connectivity index (χ0) is 13.8. The van der Waals surface area contributed by atoms with Gasteiger partial charge in [-0.2, -0.15) is 0 Å². The summed E-state index contributed by atoms with van der Waals surface area (Å²) in [5, 5.41) is 2.92. The summed E-state index contributed by atoms with van der Waals surface area (Å²) in [6.45, 7) is 8.21. The van der Waals surface area contributed by atoms with Gasteiger partial charge in [-0.05, 0) is 25.8 Å². The van der Waals surface area contributed by atoms with E-state index < -0.39 is 5.41 Å². The van der Waals surface area contributed by atoms with Crippen LogP contribution in [-0.2, 0) is 11.2 Å². The number of nitrogens with one attached hydrogen (secondary N) is 1. The average Bonchev–Trinajstić information content (AvgIpc) is 2.25. The van der Waals surface area contributed by atoms with Crippen molar-refractivity contribution < 1.29 is 4.79 Å². The van der Waals surface area contributed by atoms with Crippen molar-refractivity contribution in [2.45, 2.75) is 39.7 Å². The summed E-state index contributed by atoms with van der Waals surface area (Å²) in [5.41, 5.74) is 6.24. The second-order valence-corrected chi connectivity index (χ2v) is 6.22. The third-order valence-corrected chi connectivity index (χ3v) is 2.81. The van der Waals surface area contributed by atoms with Crippen molar-refractivity contribution in [1.29, 1.82) is 0 Å². The van der Waals surface area contributed by atoms with Crippen LogP contribution in [0, 0.1) is 5.41 Å². The fourth-order valence-corrected chi connectivity index (χ4v) is 1.73. The van der Waals surface area contributed by atoms with Crippen LogP contribution >= 0.6 is 12.4 Å². The Kier molecular flexibility index (Phi) is 6.53. The van der Waals surface area contributed by atoms with Crippen molar-refractivity contribution in [3.8, 4) is 0 Å². The molecule has 19 heavy (non-hydrogen) atoms. The van der Waals surface area contributed by atoms with Gasteiger partial charge in [-0.3, -0.25) is 4.79 Å². The molecule has 0 saturated carbocycles. The molecule has 0 aliphatic rings. The number of carbonyl (C=O) groups is 1. The van der Waals surface area contributed by atoms with Crippen LogP contribution in [0.1, 0.15) is 33.3 Å². The average molecular weight is 285 g/mol. The number of amides is 1. The van der Waals surface area contributed by atoms with Gasteiger partial charge in [0.2, 0.25) is 5.91 Å². The van der Waals surface area contributed by atoms with E-state index in [4.69, 9.17) is 5.73 Å². The highest BCUT2D eigenvalue weighted by Crippen LogP contribution is 2.22. The van der Waals surface area contributed by atoms with Crippen molar-refractivity contribution in [2.75, 3.05) is 6.54 Å². The predicted octanol–water partition coefficient (Wildman–Crippen LogP) is 2.53. The van der Waals surface area contributed by atoms with E-state index in [0.717, 1.165) is 6.42 Å². The third kappa shape index (κ3) is 6.60. The van der Waals surface area contributed by atoms with Crippen LogP contribution in [0.15, 0.2) is 30.3 Å². The first-order chi connectivity index (χ1) is 8.21. The zero-order valence-electron chi connectivity index (χ0n) is 12.2. The van der Waals surface area contributed by atoms with Gasteiger partial charge in [-0.25, -0.2) is 0 Å². The maximum absolute atomic E-state index is 12.1. The van der Waals surface area contributed by atoms with Gasteiger partial charge >= 0.3 is 0 Å². The molecule has 3 N–H and O–H groups in total. The number of hydrogen-bond donors (Lipinski definition) is 2. The molecule has 0 aromatic heterocycles. The Hall–Kier alpha value is -1.06. The second-order valence-electron chi connectivity index (χ2n) is 6.22. The lowest BCUT2D eigenvalue weighted by Crippen LogP contribution is -2.48. The molecule has 1 aromatic carbocycles. The lowest BCUT2D eigenvalue weighted by Gasteiger charge is -2.26. The molecule has 1 aromatic rings. The molecule has 0 fully saturated rings. The van der Waals surface area contributed by atoms with Crippen molar-refractivity contribution in [3.05, 3.63) is 35.9 Å². The molecule has 0 aliphatic carbocycles. The Morgan fingerprint density at radius 2 is 1.68 bits per heavy atom. The summed E-state index contributed by atoms with van der Waals surface area (Å²) in [6, 6.07) is 10.1. The molecule has 0 unspecified atom stereocenters. The van der Waals surface area contributed by atoms with Gasteiger partial charge in [0.1, 0.15) is 0 Å². The SMILES string of the molecule is CC(C)(N)CNC(=O)C(C)(C)Cc1ccccc1.Cl. The standard InChI is InChI=1S/C15H24N2O.ClH/c1-14(2,10-12-8-6-5-7-9-12)13(18)17-11-15(3,4)16;/h5-9H,10-11,16H2,1-4H3,(H,17,18);1H. The molecule has 1 amide bonds. The van der Waals surface area contributed by atoms with Crippen LogP contribution in [0.3, 0.4) is 0 Å². The quantitative estimate of drug-likeness (QED) is 0.873. The number of carbonyl (C=O) groups excluding carboxylic acids is 1. The second kappa shape index (κ2) is 6.92. The molecule has 0 radical (unpaired) electrons. The summed E-state index contributed by atoms with van der Waals surface area (Å²) < 4.78 is 0. The van der Waals surface area contributed by atoms with Crippen LogP contribution in [0.5, 0.6) is 0 Å². The highest BCUT2D eigenvalue weighted by atomic mass is 35.5. The summed E-state index contributed by atoms with van der Waals surface area (Å²) >= 11 is 0. The fourth-order valence-electron chi connectivity index (χ4n) is 1.73. The van der Waals surface area contributed by atoms with Gasteiger partial charge in [0.25, 0.3) is 0 Å². The van der Waals surface area contributed by atoms with E-state index in [1.165, 1.54) is 5.56 Å². The Balaban J connectivity index is 0.00000324. The number of rotatable bonds is 5. The van der Waals surface area contributed by atoms with Crippen LogP contribution in [0.2, 0.25) is 0 Å². The van der Waals surface area contributed by atoms with Gasteiger partial charge in [0, 0.05) is 17.5 Å². The molecule has 0 aliphatic heterocycles. The lowest BCUT2D eigenvalue weighted by molar-refractivity contribution is -0.129. The number of benzene rings is 1. The Bertz CT molecular complexity index is 396. The molecule has 0 atom stereocenters. The minimum Gasteiger partial charge on any atom is -0.354 e. The largest absolute Gasteiger partial charge is 0.354 e. The minimum absolute atomic E-state index is 0. The monoisotopic (exact) mass is 284 g/mol. The van der Waals surface area contributed by atoms with Crippen LogP contribution < -0.4 is 11.1 Å². The van der Waals surface area contributed by atoms with Crippen molar-refractivity contribution in [1.82, 2.24) is 5.32 Å². The van der Waals surface area contributed by atoms with Crippen molar-refractivity contribution in [2.24, 2.45) is 11.1 Å². The number of halogens is 1. The molecule has 1 rings (SSSR count). The molecular formula is C15H25ClN2O. The molecule has 4 heteroatoms. The van der Waals surface area contributed by atoms with Gasteiger partial charge < -0.3 is 11.1 Å². The highest BCUT2D eigenvalue weighted by Gasteiger charge is 2.28. The van der Waals surface area contributed by atoms with E-state index in [2.05, 4.69) is 5.32 Å². The molecule has 3 nitrogen and oxygen atoms in total. The maximum Gasteiger partial charge on any atom is 0.226 e. The Morgan fingerprint density at radius 3 is 2.16 bits per heavy atom. The molecule has 0 bridgehead atoms. The van der Waals surface area contributed by atoms with E-state index in [1.54, 1.807) is 0 Å². The van der Waals surface area contributed by atoms with Crippen molar-refractivity contribution >= 4 is 18.3 Å². The Labute approximate surface area is 122 Å². The van der Waals surface area contributed by atoms with Gasteiger partial charge in [-0.1, -0.05) is 44.2 Å². The van der Waals surface area contributed by atoms with E-state index in [1.807, 2.05) is 58.0 Å². The zero-order valence-corrected chi connectivity index (χ0v) is 13.0. The van der Waals surface area contributed by atoms with Crippen LogP contribution in [0.25, 0.3) is 0 Å². The molecule has 0 saturated heterocycles. The van der Waals surface area contributed by atoms with Crippen molar-refractivity contribution in [3.63, 3.8) is 0 Å². The lowest BCUT2D eigenvalue weighted by atomic mass is 9.84. The summed E-state index contributed by atoms with van der Waals surface area (Å²) in [4.78, 5) is 12.1. The first kappa shape index (κ1) is 17.9. The van der Waals surface area contributed by atoms with E-state index in [-0.39, 0.29) is 23.9 Å². The Morgan fingerprint density at radius 1 is 1.16 bits per heavy atom. The molecule has 108 valence electrons. The molecule has 0 spiro atoms. The van der Waals surface area contributed by atoms with E-state index in [0.29, 0.717) is 6.54 Å². The van der Waals surface area contributed by atoms with Gasteiger partial charge in [-0.15, -0.1) is 12.4 Å². The minimum atomic E-state index is -0.424. The normalized spacial score (nSPS) is 11.6. The summed E-state index contributed by atoms with van der Waals surface area (Å²) in [7, 11) is 0. The molecule has 0 heterocycles. The summed E-state index contributed by atoms with van der Waals surface area (Å²) in [6.07, 6.45) is 0.727. The van der Waals surface area contributed by atoms with Crippen LogP contribution in [0.4, 0.5) is 0 Å². The van der Waals surface area contributed by atoms with Gasteiger partial charge in [0.05, 0.1) is 0 Å². The smallest absolute Gasteiger partial charge is 0.226 e. The number of hydrogen-bond acceptors (Lipinski definition) is 2. The van der Waals surface area contributed by atoms with E-state index >= 15 is 0 Å². The topological polar surface area (TPSA) is 55.1 Å². The third-order valence-electron chi connectivity index (χ3n) is 2.81. The highest BCUT2D eigenvalue weighted by molar-refractivity contribution is 5.85. The fraction of sp³-hybridized carbons (Fsp3) is 0.533.